The first kappa shape index (κ1) is 10.5. The molecule has 0 bridgehead atoms. The van der Waals surface area contributed by atoms with Gasteiger partial charge in [-0.3, -0.25) is 4.79 Å². The normalized spacial score (nSPS) is 21.3. The molecule has 82 valence electrons. The van der Waals surface area contributed by atoms with Crippen molar-refractivity contribution in [3.05, 3.63) is 18.7 Å². The van der Waals surface area contributed by atoms with E-state index < -0.39 is 0 Å². The summed E-state index contributed by atoms with van der Waals surface area (Å²) in [5, 5.41) is 0.00532. The van der Waals surface area contributed by atoms with Gasteiger partial charge in [0.2, 0.25) is 5.91 Å². The van der Waals surface area contributed by atoms with Gasteiger partial charge in [-0.2, -0.15) is 0 Å². The number of carbonyl (C=O) groups excluding carboxylic acids is 1. The molecule has 1 unspecified atom stereocenters. The van der Waals surface area contributed by atoms with Gasteiger partial charge in [-0.05, 0) is 6.42 Å². The number of aromatic nitrogens is 2. The van der Waals surface area contributed by atoms with E-state index in [0.717, 1.165) is 19.5 Å². The fraction of sp³-hybridized carbons (Fsp3) is 0.600. The van der Waals surface area contributed by atoms with Crippen LogP contribution in [0.15, 0.2) is 18.7 Å². The highest BCUT2D eigenvalue weighted by atomic mass is 35.5. The number of amides is 1. The number of rotatable bonds is 4. The highest BCUT2D eigenvalue weighted by molar-refractivity contribution is 6.22. The minimum absolute atomic E-state index is 0.00532. The van der Waals surface area contributed by atoms with Gasteiger partial charge in [-0.25, -0.2) is 4.98 Å². The zero-order valence-electron chi connectivity index (χ0n) is 8.47. The second-order valence-electron chi connectivity index (χ2n) is 3.80. The van der Waals surface area contributed by atoms with Crippen LogP contribution in [0, 0.1) is 0 Å². The van der Waals surface area contributed by atoms with Gasteiger partial charge in [0.05, 0.1) is 11.7 Å². The van der Waals surface area contributed by atoms with Gasteiger partial charge in [0.15, 0.2) is 0 Å². The molecule has 1 saturated heterocycles. The molecule has 0 radical (unpaired) electrons. The van der Waals surface area contributed by atoms with Crippen LogP contribution >= 0.6 is 11.6 Å². The van der Waals surface area contributed by atoms with Crippen LogP contribution in [0.2, 0.25) is 0 Å². The summed E-state index contributed by atoms with van der Waals surface area (Å²) in [5.41, 5.74) is 0. The number of hydrogen-bond acceptors (Lipinski definition) is 2. The number of aryl methyl sites for hydroxylation is 1. The van der Waals surface area contributed by atoms with Crippen LogP contribution in [0.25, 0.3) is 0 Å². The van der Waals surface area contributed by atoms with Crippen molar-refractivity contribution >= 4 is 17.5 Å². The third-order valence-electron chi connectivity index (χ3n) is 2.57. The molecule has 1 aliphatic rings. The Hall–Kier alpha value is -1.03. The average molecular weight is 228 g/mol. The SMILES string of the molecule is O=C1CC(Cl)CN1CCCn1ccnc1. The first-order chi connectivity index (χ1) is 7.25. The largest absolute Gasteiger partial charge is 0.341 e. The van der Waals surface area contributed by atoms with E-state index in [9.17, 15) is 4.79 Å². The molecule has 1 aliphatic heterocycles. The summed E-state index contributed by atoms with van der Waals surface area (Å²) >= 11 is 5.90. The van der Waals surface area contributed by atoms with Crippen LogP contribution in [0.5, 0.6) is 0 Å². The fourth-order valence-corrected chi connectivity index (χ4v) is 2.10. The third-order valence-corrected chi connectivity index (χ3v) is 2.86. The van der Waals surface area contributed by atoms with Crippen LogP contribution in [-0.4, -0.2) is 38.8 Å². The smallest absolute Gasteiger partial charge is 0.224 e. The summed E-state index contributed by atoms with van der Waals surface area (Å²) in [6.45, 7) is 2.39. The number of imidazole rings is 1. The molecule has 4 nitrogen and oxygen atoms in total. The first-order valence-electron chi connectivity index (χ1n) is 5.13. The van der Waals surface area contributed by atoms with E-state index in [1.807, 2.05) is 15.7 Å². The van der Waals surface area contributed by atoms with Crippen molar-refractivity contribution in [3.63, 3.8) is 0 Å². The zero-order chi connectivity index (χ0) is 10.7. The summed E-state index contributed by atoms with van der Waals surface area (Å²) in [6, 6.07) is 0. The van der Waals surface area contributed by atoms with Gasteiger partial charge in [-0.15, -0.1) is 11.6 Å². The summed E-state index contributed by atoms with van der Waals surface area (Å²) in [4.78, 5) is 17.2. The third kappa shape index (κ3) is 2.72. The number of halogens is 1. The highest BCUT2D eigenvalue weighted by Crippen LogP contribution is 2.16. The molecule has 1 aromatic rings. The number of hydrogen-bond donors (Lipinski definition) is 0. The summed E-state index contributed by atoms with van der Waals surface area (Å²) in [6.07, 6.45) is 6.92. The molecule has 2 heterocycles. The van der Waals surface area contributed by atoms with E-state index >= 15 is 0 Å². The Bertz CT molecular complexity index is 325. The van der Waals surface area contributed by atoms with E-state index in [4.69, 9.17) is 11.6 Å². The minimum Gasteiger partial charge on any atom is -0.341 e. The predicted molar refractivity (Wildman–Crippen MR) is 57.7 cm³/mol. The molecule has 1 amide bonds. The number of carbonyl (C=O) groups is 1. The zero-order valence-corrected chi connectivity index (χ0v) is 9.23. The molecule has 1 aromatic heterocycles. The van der Waals surface area contributed by atoms with Crippen molar-refractivity contribution in [2.24, 2.45) is 0 Å². The number of nitrogens with zero attached hydrogens (tertiary/aromatic N) is 3. The molecule has 15 heavy (non-hydrogen) atoms. The fourth-order valence-electron chi connectivity index (χ4n) is 1.80. The topological polar surface area (TPSA) is 38.1 Å². The lowest BCUT2D eigenvalue weighted by Gasteiger charge is -2.15. The van der Waals surface area contributed by atoms with Crippen molar-refractivity contribution in [3.8, 4) is 0 Å². The lowest BCUT2D eigenvalue weighted by atomic mass is 10.4. The van der Waals surface area contributed by atoms with E-state index in [-0.39, 0.29) is 11.3 Å². The molecular weight excluding hydrogens is 214 g/mol. The van der Waals surface area contributed by atoms with E-state index in [1.54, 1.807) is 12.5 Å². The van der Waals surface area contributed by atoms with Gasteiger partial charge in [0, 0.05) is 38.4 Å². The van der Waals surface area contributed by atoms with Crippen molar-refractivity contribution in [1.82, 2.24) is 14.5 Å². The number of likely N-dealkylation sites (tertiary alicyclic amines) is 1. The summed E-state index contributed by atoms with van der Waals surface area (Å²) in [7, 11) is 0. The molecular formula is C10H14ClN3O. The lowest BCUT2D eigenvalue weighted by molar-refractivity contribution is -0.127. The maximum atomic E-state index is 11.4. The van der Waals surface area contributed by atoms with Crippen LogP contribution in [0.3, 0.4) is 0 Å². The summed E-state index contributed by atoms with van der Waals surface area (Å²) in [5.74, 6) is 0.181. The molecule has 0 aliphatic carbocycles. The van der Waals surface area contributed by atoms with Crippen LogP contribution < -0.4 is 0 Å². The Balaban J connectivity index is 1.72. The Morgan fingerprint density at radius 2 is 2.40 bits per heavy atom. The Morgan fingerprint density at radius 3 is 3.00 bits per heavy atom. The predicted octanol–water partition coefficient (Wildman–Crippen LogP) is 1.11. The molecule has 0 spiro atoms. The first-order valence-corrected chi connectivity index (χ1v) is 5.57. The Morgan fingerprint density at radius 1 is 1.53 bits per heavy atom. The molecule has 5 heteroatoms. The van der Waals surface area contributed by atoms with Crippen molar-refractivity contribution in [1.29, 1.82) is 0 Å². The second-order valence-corrected chi connectivity index (χ2v) is 4.41. The second kappa shape index (κ2) is 4.66. The van der Waals surface area contributed by atoms with Crippen LogP contribution in [0.4, 0.5) is 0 Å². The average Bonchev–Trinajstić information content (AvgIpc) is 2.77. The van der Waals surface area contributed by atoms with Gasteiger partial charge in [0.25, 0.3) is 0 Å². The molecule has 1 atom stereocenters. The minimum atomic E-state index is 0.00532. The van der Waals surface area contributed by atoms with Crippen LogP contribution in [-0.2, 0) is 11.3 Å². The quantitative estimate of drug-likeness (QED) is 0.723. The Labute approximate surface area is 93.8 Å². The van der Waals surface area contributed by atoms with Gasteiger partial charge < -0.3 is 9.47 Å². The monoisotopic (exact) mass is 227 g/mol. The maximum Gasteiger partial charge on any atom is 0.224 e. The van der Waals surface area contributed by atoms with E-state index in [0.29, 0.717) is 13.0 Å². The maximum absolute atomic E-state index is 11.4. The molecule has 0 aromatic carbocycles. The standard InChI is InChI=1S/C10H14ClN3O/c11-9-6-10(15)14(7-9)4-1-3-13-5-2-12-8-13/h2,5,8-9H,1,3-4,6-7H2. The van der Waals surface area contributed by atoms with Crippen LogP contribution in [0.1, 0.15) is 12.8 Å². The van der Waals surface area contributed by atoms with E-state index in [2.05, 4.69) is 4.98 Å². The summed E-state index contributed by atoms with van der Waals surface area (Å²) < 4.78 is 2.01. The highest BCUT2D eigenvalue weighted by Gasteiger charge is 2.27. The van der Waals surface area contributed by atoms with Gasteiger partial charge >= 0.3 is 0 Å². The van der Waals surface area contributed by atoms with Gasteiger partial charge in [0.1, 0.15) is 0 Å². The molecule has 0 N–H and O–H groups in total. The van der Waals surface area contributed by atoms with Crippen molar-refractivity contribution < 1.29 is 4.79 Å². The van der Waals surface area contributed by atoms with Crippen molar-refractivity contribution in [2.75, 3.05) is 13.1 Å². The molecule has 1 fully saturated rings. The molecule has 2 rings (SSSR count). The molecule has 0 saturated carbocycles. The number of alkyl halides is 1. The Kier molecular flexibility index (Phi) is 3.26. The lowest BCUT2D eigenvalue weighted by Crippen LogP contribution is -2.27. The van der Waals surface area contributed by atoms with Crippen molar-refractivity contribution in [2.45, 2.75) is 24.8 Å². The van der Waals surface area contributed by atoms with E-state index in [1.165, 1.54) is 0 Å². The van der Waals surface area contributed by atoms with Gasteiger partial charge in [-0.1, -0.05) is 0 Å².